The van der Waals surface area contributed by atoms with Gasteiger partial charge in [-0.05, 0) is 38.8 Å². The van der Waals surface area contributed by atoms with Crippen LogP contribution in [0.4, 0.5) is 5.82 Å². The second-order valence-corrected chi connectivity index (χ2v) is 4.02. The molecule has 1 rings (SSSR count). The minimum Gasteiger partial charge on any atom is -0.354 e. The molecule has 15 heavy (non-hydrogen) atoms. The lowest BCUT2D eigenvalue weighted by atomic mass is 10.2. The molecule has 0 amide bonds. The van der Waals surface area contributed by atoms with Gasteiger partial charge in [0.1, 0.15) is 5.82 Å². The molecule has 1 unspecified atom stereocenters. The van der Waals surface area contributed by atoms with Gasteiger partial charge in [0.25, 0.3) is 0 Å². The lowest BCUT2D eigenvalue weighted by molar-refractivity contribution is 0.622. The minimum atomic E-state index is 0.326. The van der Waals surface area contributed by atoms with Crippen molar-refractivity contribution in [2.75, 3.05) is 11.4 Å². The van der Waals surface area contributed by atoms with E-state index in [1.54, 1.807) is 0 Å². The summed E-state index contributed by atoms with van der Waals surface area (Å²) < 4.78 is 0. The van der Waals surface area contributed by atoms with Crippen LogP contribution in [0.1, 0.15) is 32.9 Å². The number of aromatic nitrogens is 2. The van der Waals surface area contributed by atoms with E-state index < -0.39 is 0 Å². The summed E-state index contributed by atoms with van der Waals surface area (Å²) in [5, 5.41) is 0.326. The van der Waals surface area contributed by atoms with Gasteiger partial charge in [0.05, 0.1) is 0 Å². The first kappa shape index (κ1) is 12.2. The highest BCUT2D eigenvalue weighted by Crippen LogP contribution is 2.18. The monoisotopic (exact) mass is 227 g/mol. The molecule has 0 fully saturated rings. The van der Waals surface area contributed by atoms with E-state index in [0.29, 0.717) is 11.3 Å². The van der Waals surface area contributed by atoms with Gasteiger partial charge < -0.3 is 4.90 Å². The zero-order chi connectivity index (χ0) is 11.4. The second-order valence-electron chi connectivity index (χ2n) is 3.68. The molecule has 84 valence electrons. The Hall–Kier alpha value is -0.830. The largest absolute Gasteiger partial charge is 0.354 e. The molecule has 1 heterocycles. The third-order valence-electron chi connectivity index (χ3n) is 2.57. The second kappa shape index (κ2) is 5.31. The summed E-state index contributed by atoms with van der Waals surface area (Å²) in [6, 6.07) is 2.45. The third kappa shape index (κ3) is 3.06. The molecule has 0 aliphatic rings. The summed E-state index contributed by atoms with van der Waals surface area (Å²) in [6.45, 7) is 9.35. The van der Waals surface area contributed by atoms with Gasteiger partial charge in [-0.2, -0.15) is 0 Å². The predicted molar refractivity (Wildman–Crippen MR) is 64.6 cm³/mol. The molecular weight excluding hydrogens is 210 g/mol. The highest BCUT2D eigenvalue weighted by molar-refractivity contribution is 6.28. The molecule has 0 bridgehead atoms. The Bertz CT molecular complexity index is 307. The van der Waals surface area contributed by atoms with E-state index in [4.69, 9.17) is 11.6 Å². The Morgan fingerprint density at radius 1 is 1.40 bits per heavy atom. The van der Waals surface area contributed by atoms with Crippen LogP contribution in [0.25, 0.3) is 0 Å². The van der Waals surface area contributed by atoms with Crippen LogP contribution >= 0.6 is 11.6 Å². The van der Waals surface area contributed by atoms with Crippen molar-refractivity contribution in [3.05, 3.63) is 17.0 Å². The van der Waals surface area contributed by atoms with Crippen LogP contribution in [-0.2, 0) is 0 Å². The first-order valence-electron chi connectivity index (χ1n) is 5.36. The highest BCUT2D eigenvalue weighted by Gasteiger charge is 2.13. The fraction of sp³-hybridized carbons (Fsp3) is 0.636. The molecule has 0 aliphatic heterocycles. The Morgan fingerprint density at radius 3 is 2.53 bits per heavy atom. The molecular formula is C11H18ClN3. The van der Waals surface area contributed by atoms with Crippen LogP contribution in [0.5, 0.6) is 0 Å². The third-order valence-corrected chi connectivity index (χ3v) is 2.74. The van der Waals surface area contributed by atoms with E-state index in [9.17, 15) is 0 Å². The molecule has 3 nitrogen and oxygen atoms in total. The summed E-state index contributed by atoms with van der Waals surface area (Å²) in [4.78, 5) is 10.6. The highest BCUT2D eigenvalue weighted by atomic mass is 35.5. The summed E-state index contributed by atoms with van der Waals surface area (Å²) >= 11 is 5.85. The Labute approximate surface area is 96.5 Å². The maximum Gasteiger partial charge on any atom is 0.224 e. The van der Waals surface area contributed by atoms with Crippen molar-refractivity contribution >= 4 is 17.4 Å². The molecule has 0 spiro atoms. The van der Waals surface area contributed by atoms with E-state index in [2.05, 4.69) is 35.6 Å². The van der Waals surface area contributed by atoms with Crippen LogP contribution in [0.3, 0.4) is 0 Å². The zero-order valence-electron chi connectivity index (χ0n) is 9.79. The molecule has 0 aliphatic carbocycles. The number of halogens is 1. The van der Waals surface area contributed by atoms with E-state index in [1.165, 1.54) is 0 Å². The van der Waals surface area contributed by atoms with Crippen molar-refractivity contribution < 1.29 is 0 Å². The Morgan fingerprint density at radius 2 is 2.07 bits per heavy atom. The number of rotatable bonds is 4. The zero-order valence-corrected chi connectivity index (χ0v) is 10.5. The molecule has 1 atom stereocenters. The summed E-state index contributed by atoms with van der Waals surface area (Å²) in [5.41, 5.74) is 0.909. The average Bonchev–Trinajstić information content (AvgIpc) is 2.17. The fourth-order valence-corrected chi connectivity index (χ4v) is 1.80. The Balaban J connectivity index is 3.01. The maximum absolute atomic E-state index is 5.85. The lowest BCUT2D eigenvalue weighted by Gasteiger charge is -2.28. The van der Waals surface area contributed by atoms with Gasteiger partial charge >= 0.3 is 0 Å². The quantitative estimate of drug-likeness (QED) is 0.741. The number of anilines is 1. The molecule has 0 saturated heterocycles. The molecule has 1 aromatic heterocycles. The maximum atomic E-state index is 5.85. The van der Waals surface area contributed by atoms with Crippen molar-refractivity contribution in [1.82, 2.24) is 9.97 Å². The molecule has 1 aromatic rings. The van der Waals surface area contributed by atoms with Crippen LogP contribution in [0.2, 0.25) is 5.28 Å². The average molecular weight is 228 g/mol. The van der Waals surface area contributed by atoms with Crippen LogP contribution < -0.4 is 4.90 Å². The van der Waals surface area contributed by atoms with Crippen LogP contribution in [-0.4, -0.2) is 22.6 Å². The summed E-state index contributed by atoms with van der Waals surface area (Å²) in [5.74, 6) is 0.921. The number of aryl methyl sites for hydroxylation is 1. The number of hydrogen-bond acceptors (Lipinski definition) is 3. The van der Waals surface area contributed by atoms with Crippen LogP contribution in [0.15, 0.2) is 6.07 Å². The first-order valence-corrected chi connectivity index (χ1v) is 5.74. The van der Waals surface area contributed by atoms with E-state index in [1.807, 2.05) is 13.0 Å². The summed E-state index contributed by atoms with van der Waals surface area (Å²) in [7, 11) is 0. The van der Waals surface area contributed by atoms with Gasteiger partial charge in [-0.15, -0.1) is 0 Å². The molecule has 0 radical (unpaired) electrons. The first-order chi connectivity index (χ1) is 7.08. The minimum absolute atomic E-state index is 0.326. The van der Waals surface area contributed by atoms with Gasteiger partial charge in [-0.25, -0.2) is 9.97 Å². The topological polar surface area (TPSA) is 29.0 Å². The van der Waals surface area contributed by atoms with Gasteiger partial charge in [0.2, 0.25) is 5.28 Å². The van der Waals surface area contributed by atoms with Gasteiger partial charge in [0, 0.05) is 24.3 Å². The molecule has 0 saturated carbocycles. The number of nitrogens with zero attached hydrogens (tertiary/aromatic N) is 3. The van der Waals surface area contributed by atoms with E-state index in [-0.39, 0.29) is 0 Å². The van der Waals surface area contributed by atoms with E-state index in [0.717, 1.165) is 24.5 Å². The van der Waals surface area contributed by atoms with Crippen LogP contribution in [0, 0.1) is 6.92 Å². The lowest BCUT2D eigenvalue weighted by Crippen LogP contribution is -2.33. The predicted octanol–water partition coefficient (Wildman–Crippen LogP) is 3.06. The molecule has 4 heteroatoms. The van der Waals surface area contributed by atoms with Gasteiger partial charge in [-0.3, -0.25) is 0 Å². The van der Waals surface area contributed by atoms with Crippen molar-refractivity contribution in [1.29, 1.82) is 0 Å². The molecule has 0 N–H and O–H groups in total. The smallest absolute Gasteiger partial charge is 0.224 e. The van der Waals surface area contributed by atoms with Crippen molar-refractivity contribution in [3.63, 3.8) is 0 Å². The normalized spacial score (nSPS) is 12.6. The SMILES string of the molecule is CCC(C)N(CC)c1cc(C)nc(Cl)n1. The summed E-state index contributed by atoms with van der Waals surface area (Å²) in [6.07, 6.45) is 1.09. The van der Waals surface area contributed by atoms with Gasteiger partial charge in [-0.1, -0.05) is 6.92 Å². The van der Waals surface area contributed by atoms with Crippen molar-refractivity contribution in [2.24, 2.45) is 0 Å². The van der Waals surface area contributed by atoms with Crippen molar-refractivity contribution in [3.8, 4) is 0 Å². The number of hydrogen-bond donors (Lipinski definition) is 0. The molecule has 0 aromatic carbocycles. The Kier molecular flexibility index (Phi) is 4.33. The van der Waals surface area contributed by atoms with E-state index >= 15 is 0 Å². The van der Waals surface area contributed by atoms with Gasteiger partial charge in [0.15, 0.2) is 0 Å². The van der Waals surface area contributed by atoms with Crippen molar-refractivity contribution in [2.45, 2.75) is 40.2 Å². The standard InChI is InChI=1S/C11H18ClN3/c1-5-9(4)15(6-2)10-7-8(3)13-11(12)14-10/h7,9H,5-6H2,1-4H3. The fourth-order valence-electron chi connectivity index (χ4n) is 1.58.